The molecular formula is C6H9N7. The van der Waals surface area contributed by atoms with E-state index < -0.39 is 0 Å². The molecule has 7 heteroatoms. The highest BCUT2D eigenvalue weighted by atomic mass is 15.3. The van der Waals surface area contributed by atoms with Gasteiger partial charge in [-0.25, -0.2) is 5.10 Å². The fourth-order valence-electron chi connectivity index (χ4n) is 0.909. The van der Waals surface area contributed by atoms with E-state index in [4.69, 9.17) is 5.73 Å². The molecule has 7 nitrogen and oxygen atoms in total. The lowest BCUT2D eigenvalue weighted by Gasteiger charge is -1.96. The molecule has 0 amide bonds. The van der Waals surface area contributed by atoms with Crippen molar-refractivity contribution in [3.63, 3.8) is 0 Å². The first-order chi connectivity index (χ1) is 6.34. The Morgan fingerprint density at radius 3 is 3.08 bits per heavy atom. The van der Waals surface area contributed by atoms with E-state index in [0.717, 1.165) is 5.56 Å². The molecule has 0 spiro atoms. The lowest BCUT2D eigenvalue weighted by molar-refractivity contribution is 1.05. The summed E-state index contributed by atoms with van der Waals surface area (Å²) in [6.45, 7) is 0.619. The van der Waals surface area contributed by atoms with Crippen molar-refractivity contribution in [3.05, 3.63) is 18.0 Å². The summed E-state index contributed by atoms with van der Waals surface area (Å²) in [4.78, 5) is 3.88. The second-order valence-electron chi connectivity index (χ2n) is 2.50. The van der Waals surface area contributed by atoms with Crippen LogP contribution in [-0.4, -0.2) is 25.4 Å². The van der Waals surface area contributed by atoms with Gasteiger partial charge in [-0.2, -0.15) is 10.1 Å². The number of hydrogen-bond acceptors (Lipinski definition) is 5. The van der Waals surface area contributed by atoms with Crippen molar-refractivity contribution >= 4 is 11.9 Å². The number of aromatic nitrogens is 5. The number of nitrogen functional groups attached to an aromatic ring is 1. The highest BCUT2D eigenvalue weighted by Gasteiger charge is 1.99. The van der Waals surface area contributed by atoms with Crippen LogP contribution in [0.5, 0.6) is 0 Å². The Balaban J connectivity index is 1.93. The molecule has 0 unspecified atom stereocenters. The summed E-state index contributed by atoms with van der Waals surface area (Å²) in [7, 11) is 0. The lowest BCUT2D eigenvalue weighted by atomic mass is 10.4. The minimum Gasteiger partial charge on any atom is -0.368 e. The fraction of sp³-hybridized carbons (Fsp3) is 0.167. The molecule has 0 saturated carbocycles. The predicted molar refractivity (Wildman–Crippen MR) is 46.7 cm³/mol. The van der Waals surface area contributed by atoms with E-state index in [0.29, 0.717) is 18.4 Å². The first kappa shape index (κ1) is 7.59. The summed E-state index contributed by atoms with van der Waals surface area (Å²) in [6, 6.07) is 0. The Bertz CT molecular complexity index is 362. The van der Waals surface area contributed by atoms with Crippen LogP contribution >= 0.6 is 0 Å². The molecule has 13 heavy (non-hydrogen) atoms. The summed E-state index contributed by atoms with van der Waals surface area (Å²) in [5.74, 6) is 0.786. The molecule has 0 bridgehead atoms. The number of anilines is 2. The van der Waals surface area contributed by atoms with Crippen LogP contribution in [0.15, 0.2) is 12.4 Å². The van der Waals surface area contributed by atoms with E-state index in [-0.39, 0.29) is 0 Å². The Morgan fingerprint density at radius 1 is 1.54 bits per heavy atom. The number of nitrogens with two attached hydrogens (primary N) is 1. The van der Waals surface area contributed by atoms with Crippen molar-refractivity contribution in [2.75, 3.05) is 11.1 Å². The van der Waals surface area contributed by atoms with Gasteiger partial charge in [-0.3, -0.25) is 5.10 Å². The maximum atomic E-state index is 5.34. The maximum absolute atomic E-state index is 5.34. The number of H-pyrrole nitrogens is 2. The highest BCUT2D eigenvalue weighted by molar-refractivity contribution is 5.30. The molecule has 0 atom stereocenters. The zero-order chi connectivity index (χ0) is 9.10. The molecular weight excluding hydrogens is 170 g/mol. The van der Waals surface area contributed by atoms with Gasteiger partial charge in [-0.1, -0.05) is 0 Å². The third kappa shape index (κ3) is 1.75. The molecule has 0 aliphatic rings. The summed E-state index contributed by atoms with van der Waals surface area (Å²) < 4.78 is 0. The average Bonchev–Trinajstić information content (AvgIpc) is 2.71. The van der Waals surface area contributed by atoms with Crippen LogP contribution < -0.4 is 11.1 Å². The van der Waals surface area contributed by atoms with Crippen molar-refractivity contribution in [3.8, 4) is 0 Å². The number of aromatic amines is 2. The van der Waals surface area contributed by atoms with Crippen molar-refractivity contribution in [2.24, 2.45) is 0 Å². The van der Waals surface area contributed by atoms with Crippen molar-refractivity contribution in [1.29, 1.82) is 0 Å². The number of rotatable bonds is 3. The molecule has 5 N–H and O–H groups in total. The molecule has 0 saturated heterocycles. The van der Waals surface area contributed by atoms with Gasteiger partial charge < -0.3 is 11.1 Å². The van der Waals surface area contributed by atoms with Gasteiger partial charge in [0.2, 0.25) is 11.9 Å². The molecule has 0 aliphatic heterocycles. The Labute approximate surface area is 73.8 Å². The van der Waals surface area contributed by atoms with Gasteiger partial charge in [0.15, 0.2) is 0 Å². The SMILES string of the molecule is Nc1nc(NCc2cn[nH]c2)n[nH]1. The Morgan fingerprint density at radius 2 is 2.46 bits per heavy atom. The smallest absolute Gasteiger partial charge is 0.243 e. The minimum absolute atomic E-state index is 0.301. The summed E-state index contributed by atoms with van der Waals surface area (Å²) in [5, 5.41) is 15.8. The predicted octanol–water partition coefficient (Wildman–Crippen LogP) is -0.278. The van der Waals surface area contributed by atoms with Gasteiger partial charge in [-0.05, 0) is 0 Å². The highest BCUT2D eigenvalue weighted by Crippen LogP contribution is 2.01. The van der Waals surface area contributed by atoms with E-state index in [1.165, 1.54) is 0 Å². The van der Waals surface area contributed by atoms with Gasteiger partial charge in [0.1, 0.15) is 0 Å². The molecule has 0 radical (unpaired) electrons. The molecule has 2 aromatic heterocycles. The summed E-state index contributed by atoms with van der Waals surface area (Å²) in [6.07, 6.45) is 3.52. The molecule has 0 aliphatic carbocycles. The average molecular weight is 179 g/mol. The zero-order valence-corrected chi connectivity index (χ0v) is 6.78. The number of nitrogens with one attached hydrogen (secondary N) is 3. The van der Waals surface area contributed by atoms with Gasteiger partial charge in [0, 0.05) is 18.3 Å². The minimum atomic E-state index is 0.301. The normalized spacial score (nSPS) is 10.2. The van der Waals surface area contributed by atoms with E-state index in [9.17, 15) is 0 Å². The second-order valence-corrected chi connectivity index (χ2v) is 2.50. The van der Waals surface area contributed by atoms with Crippen LogP contribution in [0.1, 0.15) is 5.56 Å². The molecule has 68 valence electrons. The van der Waals surface area contributed by atoms with Gasteiger partial charge >= 0.3 is 0 Å². The van der Waals surface area contributed by atoms with Gasteiger partial charge in [-0.15, -0.1) is 5.10 Å². The van der Waals surface area contributed by atoms with Crippen molar-refractivity contribution < 1.29 is 0 Å². The van der Waals surface area contributed by atoms with E-state index in [1.807, 2.05) is 0 Å². The first-order valence-corrected chi connectivity index (χ1v) is 3.74. The van der Waals surface area contributed by atoms with Gasteiger partial charge in [0.25, 0.3) is 0 Å². The molecule has 0 aromatic carbocycles. The van der Waals surface area contributed by atoms with Crippen molar-refractivity contribution in [1.82, 2.24) is 25.4 Å². The third-order valence-corrected chi connectivity index (χ3v) is 1.51. The van der Waals surface area contributed by atoms with E-state index in [1.54, 1.807) is 12.4 Å². The zero-order valence-electron chi connectivity index (χ0n) is 6.78. The fourth-order valence-corrected chi connectivity index (χ4v) is 0.909. The maximum Gasteiger partial charge on any atom is 0.243 e. The Kier molecular flexibility index (Phi) is 1.83. The largest absolute Gasteiger partial charge is 0.368 e. The monoisotopic (exact) mass is 179 g/mol. The van der Waals surface area contributed by atoms with Crippen LogP contribution in [0, 0.1) is 0 Å². The van der Waals surface area contributed by atoms with Crippen LogP contribution in [0.2, 0.25) is 0 Å². The third-order valence-electron chi connectivity index (χ3n) is 1.51. The number of hydrogen-bond donors (Lipinski definition) is 4. The topological polar surface area (TPSA) is 108 Å². The second kappa shape index (κ2) is 3.13. The molecule has 2 rings (SSSR count). The van der Waals surface area contributed by atoms with Crippen LogP contribution in [-0.2, 0) is 6.54 Å². The molecule has 0 fully saturated rings. The standard InChI is InChI=1S/C6H9N7/c7-5-11-6(13-12-5)8-1-4-2-9-10-3-4/h2-3H,1H2,(H,9,10)(H4,7,8,11,12,13). The summed E-state index contributed by atoms with van der Waals surface area (Å²) in [5.41, 5.74) is 6.37. The van der Waals surface area contributed by atoms with Crippen LogP contribution in [0.4, 0.5) is 11.9 Å². The first-order valence-electron chi connectivity index (χ1n) is 3.74. The number of nitrogens with zero attached hydrogens (tertiary/aromatic N) is 3. The summed E-state index contributed by atoms with van der Waals surface area (Å²) >= 11 is 0. The van der Waals surface area contributed by atoms with E-state index in [2.05, 4.69) is 30.7 Å². The van der Waals surface area contributed by atoms with Crippen molar-refractivity contribution in [2.45, 2.75) is 6.54 Å². The van der Waals surface area contributed by atoms with Crippen LogP contribution in [0.3, 0.4) is 0 Å². The van der Waals surface area contributed by atoms with Gasteiger partial charge in [0.05, 0.1) is 6.20 Å². The molecule has 2 aromatic rings. The molecule has 2 heterocycles. The Hall–Kier alpha value is -2.05. The van der Waals surface area contributed by atoms with Crippen LogP contribution in [0.25, 0.3) is 0 Å². The lowest BCUT2D eigenvalue weighted by Crippen LogP contribution is -1.99. The van der Waals surface area contributed by atoms with E-state index >= 15 is 0 Å². The quantitative estimate of drug-likeness (QED) is 0.518.